The van der Waals surface area contributed by atoms with E-state index in [0.717, 1.165) is 39.0 Å². The summed E-state index contributed by atoms with van der Waals surface area (Å²) in [5, 5.41) is 7.46. The van der Waals surface area contributed by atoms with Gasteiger partial charge in [-0.15, -0.1) is 0 Å². The highest BCUT2D eigenvalue weighted by molar-refractivity contribution is 5.98. The molecule has 3 N–H and O–H groups in total. The topological polar surface area (TPSA) is 87.6 Å². The third-order valence-electron chi connectivity index (χ3n) is 4.58. The van der Waals surface area contributed by atoms with Crippen LogP contribution in [0.3, 0.4) is 0 Å². The maximum absolute atomic E-state index is 12.1. The molecule has 26 heavy (non-hydrogen) atoms. The van der Waals surface area contributed by atoms with E-state index in [-0.39, 0.29) is 5.69 Å². The molecule has 0 radical (unpaired) electrons. The molecule has 7 nitrogen and oxygen atoms in total. The van der Waals surface area contributed by atoms with Gasteiger partial charge in [0.15, 0.2) is 0 Å². The van der Waals surface area contributed by atoms with Gasteiger partial charge < -0.3 is 15.6 Å². The Labute approximate surface area is 150 Å². The molecule has 2 heterocycles. The van der Waals surface area contributed by atoms with Gasteiger partial charge in [0.05, 0.1) is 16.6 Å². The van der Waals surface area contributed by atoms with E-state index in [1.807, 2.05) is 44.3 Å². The molecule has 0 spiro atoms. The third kappa shape index (κ3) is 2.67. The minimum atomic E-state index is -0.108. The zero-order valence-electron chi connectivity index (χ0n) is 14.7. The lowest BCUT2D eigenvalue weighted by atomic mass is 10.1. The van der Waals surface area contributed by atoms with Crippen molar-refractivity contribution >= 4 is 33.4 Å². The molecule has 0 unspecified atom stereocenters. The lowest BCUT2D eigenvalue weighted by Gasteiger charge is -2.12. The van der Waals surface area contributed by atoms with Crippen LogP contribution in [0.2, 0.25) is 0 Å². The summed E-state index contributed by atoms with van der Waals surface area (Å²) in [5.74, 6) is 0.743. The summed E-state index contributed by atoms with van der Waals surface area (Å²) in [7, 11) is 1.91. The molecule has 0 saturated carbocycles. The van der Waals surface area contributed by atoms with Crippen molar-refractivity contribution in [3.63, 3.8) is 0 Å². The fourth-order valence-corrected chi connectivity index (χ4v) is 3.26. The summed E-state index contributed by atoms with van der Waals surface area (Å²) in [6.07, 6.45) is 1.54. The zero-order chi connectivity index (χ0) is 18.1. The van der Waals surface area contributed by atoms with Crippen molar-refractivity contribution in [1.82, 2.24) is 19.5 Å². The summed E-state index contributed by atoms with van der Waals surface area (Å²) in [6.45, 7) is 3.19. The number of nitrogens with one attached hydrogen (secondary N) is 3. The molecular formula is C19H20N6O. The first-order valence-electron chi connectivity index (χ1n) is 8.58. The van der Waals surface area contributed by atoms with Crippen molar-refractivity contribution in [2.45, 2.75) is 20.0 Å². The van der Waals surface area contributed by atoms with Crippen LogP contribution in [0.1, 0.15) is 12.5 Å². The van der Waals surface area contributed by atoms with Crippen molar-refractivity contribution in [3.8, 4) is 0 Å². The molecule has 0 amide bonds. The minimum Gasteiger partial charge on any atom is -0.388 e. The molecule has 132 valence electrons. The van der Waals surface area contributed by atoms with Crippen molar-refractivity contribution in [1.29, 1.82) is 0 Å². The monoisotopic (exact) mass is 348 g/mol. The number of rotatable bonds is 5. The van der Waals surface area contributed by atoms with E-state index in [2.05, 4.69) is 31.7 Å². The van der Waals surface area contributed by atoms with E-state index < -0.39 is 0 Å². The fourth-order valence-electron chi connectivity index (χ4n) is 3.26. The molecule has 0 bridgehead atoms. The van der Waals surface area contributed by atoms with Gasteiger partial charge in [0.1, 0.15) is 12.1 Å². The van der Waals surface area contributed by atoms with E-state index >= 15 is 0 Å². The quantitative estimate of drug-likeness (QED) is 0.516. The number of anilines is 2. The van der Waals surface area contributed by atoms with Crippen molar-refractivity contribution < 1.29 is 0 Å². The average Bonchev–Trinajstić information content (AvgIpc) is 2.98. The second-order valence-corrected chi connectivity index (χ2v) is 6.04. The van der Waals surface area contributed by atoms with Gasteiger partial charge in [-0.25, -0.2) is 14.8 Å². The van der Waals surface area contributed by atoms with Gasteiger partial charge in [-0.3, -0.25) is 4.57 Å². The molecule has 4 aromatic rings. The van der Waals surface area contributed by atoms with Gasteiger partial charge in [0.2, 0.25) is 0 Å². The summed E-state index contributed by atoms with van der Waals surface area (Å²) < 4.78 is 1.70. The summed E-state index contributed by atoms with van der Waals surface area (Å²) in [6, 6.07) is 12.0. The van der Waals surface area contributed by atoms with Crippen LogP contribution in [0, 0.1) is 0 Å². The zero-order valence-corrected chi connectivity index (χ0v) is 14.7. The molecule has 2 aromatic carbocycles. The first-order valence-corrected chi connectivity index (χ1v) is 8.58. The summed E-state index contributed by atoms with van der Waals surface area (Å²) in [4.78, 5) is 23.7. The molecule has 4 rings (SSSR count). The van der Waals surface area contributed by atoms with Gasteiger partial charge in [-0.1, -0.05) is 18.2 Å². The number of H-pyrrole nitrogens is 1. The second kappa shape index (κ2) is 6.51. The maximum Gasteiger partial charge on any atom is 0.326 e. The predicted octanol–water partition coefficient (Wildman–Crippen LogP) is 2.95. The van der Waals surface area contributed by atoms with Crippen LogP contribution in [0.25, 0.3) is 21.9 Å². The largest absolute Gasteiger partial charge is 0.388 e. The lowest BCUT2D eigenvalue weighted by molar-refractivity contribution is 0.753. The van der Waals surface area contributed by atoms with Crippen molar-refractivity contribution in [3.05, 3.63) is 58.8 Å². The van der Waals surface area contributed by atoms with Crippen LogP contribution in [0.5, 0.6) is 0 Å². The van der Waals surface area contributed by atoms with Crippen LogP contribution in [0.15, 0.2) is 47.5 Å². The van der Waals surface area contributed by atoms with E-state index in [1.54, 1.807) is 10.9 Å². The van der Waals surface area contributed by atoms with Crippen LogP contribution in [-0.4, -0.2) is 26.6 Å². The molecule has 0 aliphatic heterocycles. The standard InChI is InChI=1S/C19H20N6O/c1-3-25-17-9-15-13(8-16(17)24-19(25)26)18(23-11-22-15)21-10-12-6-4-5-7-14(12)20-2/h4-9,11,20H,3,10H2,1-2H3,(H,24,26)(H,21,22,23). The highest BCUT2D eigenvalue weighted by Crippen LogP contribution is 2.25. The van der Waals surface area contributed by atoms with Crippen LogP contribution >= 0.6 is 0 Å². The van der Waals surface area contributed by atoms with Gasteiger partial charge >= 0.3 is 5.69 Å². The normalized spacial score (nSPS) is 11.2. The van der Waals surface area contributed by atoms with E-state index in [4.69, 9.17) is 0 Å². The fraction of sp³-hybridized carbons (Fsp3) is 0.211. The van der Waals surface area contributed by atoms with Gasteiger partial charge in [0, 0.05) is 31.2 Å². The number of benzene rings is 2. The Hall–Kier alpha value is -3.35. The Morgan fingerprint density at radius 1 is 1.19 bits per heavy atom. The molecule has 0 atom stereocenters. The first kappa shape index (κ1) is 16.1. The van der Waals surface area contributed by atoms with E-state index in [9.17, 15) is 4.79 Å². The molecule has 7 heteroatoms. The average molecular weight is 348 g/mol. The van der Waals surface area contributed by atoms with Crippen LogP contribution in [0.4, 0.5) is 11.5 Å². The smallest absolute Gasteiger partial charge is 0.326 e. The van der Waals surface area contributed by atoms with E-state index in [0.29, 0.717) is 13.1 Å². The van der Waals surface area contributed by atoms with Crippen molar-refractivity contribution in [2.24, 2.45) is 0 Å². The molecule has 0 fully saturated rings. The number of aromatic amines is 1. The Morgan fingerprint density at radius 2 is 2.04 bits per heavy atom. The molecule has 0 saturated heterocycles. The first-order chi connectivity index (χ1) is 12.7. The van der Waals surface area contributed by atoms with Gasteiger partial charge in [-0.05, 0) is 30.7 Å². The number of imidazole rings is 1. The Kier molecular flexibility index (Phi) is 4.04. The molecular weight excluding hydrogens is 328 g/mol. The van der Waals surface area contributed by atoms with Crippen LogP contribution in [-0.2, 0) is 13.1 Å². The summed E-state index contributed by atoms with van der Waals surface area (Å²) in [5.41, 5.74) is 4.56. The molecule has 0 aliphatic rings. The highest BCUT2D eigenvalue weighted by atomic mass is 16.1. The van der Waals surface area contributed by atoms with E-state index in [1.165, 1.54) is 0 Å². The number of hydrogen-bond donors (Lipinski definition) is 3. The Bertz CT molecular complexity index is 1140. The number of hydrogen-bond acceptors (Lipinski definition) is 5. The second-order valence-electron chi connectivity index (χ2n) is 6.04. The number of fused-ring (bicyclic) bond motifs is 2. The van der Waals surface area contributed by atoms with Gasteiger partial charge in [-0.2, -0.15) is 0 Å². The number of para-hydroxylation sites is 1. The SMILES string of the molecule is CCn1c(=O)[nH]c2cc3c(NCc4ccccc4NC)ncnc3cc21. The Balaban J connectivity index is 1.76. The Morgan fingerprint density at radius 3 is 2.85 bits per heavy atom. The van der Waals surface area contributed by atoms with Crippen LogP contribution < -0.4 is 16.3 Å². The third-order valence-corrected chi connectivity index (χ3v) is 4.58. The molecule has 0 aliphatic carbocycles. The van der Waals surface area contributed by atoms with Crippen molar-refractivity contribution in [2.75, 3.05) is 17.7 Å². The molecule has 2 aromatic heterocycles. The summed E-state index contributed by atoms with van der Waals surface area (Å²) >= 11 is 0. The predicted molar refractivity (Wildman–Crippen MR) is 105 cm³/mol. The maximum atomic E-state index is 12.1. The highest BCUT2D eigenvalue weighted by Gasteiger charge is 2.11. The lowest BCUT2D eigenvalue weighted by Crippen LogP contribution is -2.14. The number of aryl methyl sites for hydroxylation is 1. The minimum absolute atomic E-state index is 0.108. The number of aromatic nitrogens is 4. The number of nitrogens with zero attached hydrogens (tertiary/aromatic N) is 3. The van der Waals surface area contributed by atoms with Gasteiger partial charge in [0.25, 0.3) is 0 Å².